The summed E-state index contributed by atoms with van der Waals surface area (Å²) in [6, 6.07) is 7.11. The highest BCUT2D eigenvalue weighted by atomic mass is 32.2. The van der Waals surface area contributed by atoms with E-state index in [0.29, 0.717) is 62.9 Å². The third-order valence-corrected chi connectivity index (χ3v) is 8.13. The Morgan fingerprint density at radius 1 is 1.27 bits per heavy atom. The molecule has 2 fully saturated rings. The van der Waals surface area contributed by atoms with E-state index in [9.17, 15) is 13.2 Å². The van der Waals surface area contributed by atoms with Crippen LogP contribution in [0.2, 0.25) is 0 Å². The highest BCUT2D eigenvalue weighted by Gasteiger charge is 2.44. The number of rotatable bonds is 8. The van der Waals surface area contributed by atoms with E-state index in [2.05, 4.69) is 19.2 Å². The van der Waals surface area contributed by atoms with Crippen molar-refractivity contribution in [3.63, 3.8) is 0 Å². The van der Waals surface area contributed by atoms with E-state index >= 15 is 0 Å². The molecule has 2 saturated heterocycles. The minimum Gasteiger partial charge on any atom is -0.385 e. The first-order valence-electron chi connectivity index (χ1n) is 10.8. The maximum atomic E-state index is 13.2. The van der Waals surface area contributed by atoms with Gasteiger partial charge in [-0.15, -0.1) is 0 Å². The van der Waals surface area contributed by atoms with Crippen LogP contribution in [0.25, 0.3) is 0 Å². The number of sulfonamides is 1. The highest BCUT2D eigenvalue weighted by Crippen LogP contribution is 2.31. The fourth-order valence-corrected chi connectivity index (χ4v) is 5.73. The first-order valence-corrected chi connectivity index (χ1v) is 12.2. The zero-order valence-electron chi connectivity index (χ0n) is 18.2. The summed E-state index contributed by atoms with van der Waals surface area (Å²) in [5.41, 5.74) is 0.504. The minimum absolute atomic E-state index is 0.00469. The normalized spacial score (nSPS) is 23.7. The Morgan fingerprint density at radius 3 is 2.53 bits per heavy atom. The molecule has 1 atom stereocenters. The minimum atomic E-state index is -3.62. The summed E-state index contributed by atoms with van der Waals surface area (Å²) in [6.07, 6.45) is 2.57. The van der Waals surface area contributed by atoms with Gasteiger partial charge in [-0.25, -0.2) is 8.42 Å². The van der Waals surface area contributed by atoms with Gasteiger partial charge in [-0.1, -0.05) is 26.0 Å². The molecule has 0 saturated carbocycles. The van der Waals surface area contributed by atoms with Gasteiger partial charge in [0.2, 0.25) is 15.9 Å². The molecule has 0 radical (unpaired) electrons. The van der Waals surface area contributed by atoms with Crippen LogP contribution in [0.4, 0.5) is 0 Å². The predicted molar refractivity (Wildman–Crippen MR) is 115 cm³/mol. The highest BCUT2D eigenvalue weighted by molar-refractivity contribution is 7.89. The van der Waals surface area contributed by atoms with E-state index in [0.717, 1.165) is 5.56 Å². The molecule has 1 aromatic carbocycles. The molecule has 2 aliphatic heterocycles. The standard InChI is InChI=1S/C22H34N2O5S/c1-17(2)18-4-6-20(7-5-18)30(26,27)24-12-10-22(16-24,11-15-28-3)23-21(25)19-8-13-29-14-9-19/h4-7,17,19H,8-16H2,1-3H3,(H,23,25). The number of hydrogen-bond acceptors (Lipinski definition) is 5. The lowest BCUT2D eigenvalue weighted by Gasteiger charge is -2.33. The zero-order chi connectivity index (χ0) is 21.8. The van der Waals surface area contributed by atoms with Crippen LogP contribution in [0, 0.1) is 5.92 Å². The van der Waals surface area contributed by atoms with Crippen LogP contribution in [-0.2, 0) is 24.3 Å². The lowest BCUT2D eigenvalue weighted by atomic mass is 9.91. The van der Waals surface area contributed by atoms with Crippen molar-refractivity contribution in [2.45, 2.75) is 55.9 Å². The molecule has 8 heteroatoms. The van der Waals surface area contributed by atoms with Gasteiger partial charge in [0.05, 0.1) is 10.4 Å². The van der Waals surface area contributed by atoms with Gasteiger partial charge in [0.1, 0.15) is 0 Å². The number of nitrogens with one attached hydrogen (secondary N) is 1. The molecular formula is C22H34N2O5S. The van der Waals surface area contributed by atoms with Gasteiger partial charge in [0.15, 0.2) is 0 Å². The zero-order valence-corrected chi connectivity index (χ0v) is 19.0. The van der Waals surface area contributed by atoms with E-state index in [1.54, 1.807) is 19.2 Å². The Bertz CT molecular complexity index is 818. The summed E-state index contributed by atoms with van der Waals surface area (Å²) in [5.74, 6) is 0.262. The maximum Gasteiger partial charge on any atom is 0.243 e. The van der Waals surface area contributed by atoms with Crippen molar-refractivity contribution in [1.29, 1.82) is 0 Å². The van der Waals surface area contributed by atoms with Crippen LogP contribution >= 0.6 is 0 Å². The molecule has 3 rings (SSSR count). The van der Waals surface area contributed by atoms with Crippen molar-refractivity contribution in [2.75, 3.05) is 40.0 Å². The van der Waals surface area contributed by atoms with Crippen molar-refractivity contribution in [3.05, 3.63) is 29.8 Å². The number of nitrogens with zero attached hydrogens (tertiary/aromatic N) is 1. The van der Waals surface area contributed by atoms with E-state index < -0.39 is 15.6 Å². The monoisotopic (exact) mass is 438 g/mol. The Labute approximate surface area is 180 Å². The molecule has 0 bridgehead atoms. The topological polar surface area (TPSA) is 84.9 Å². The summed E-state index contributed by atoms with van der Waals surface area (Å²) in [7, 11) is -2.00. The fourth-order valence-electron chi connectivity index (χ4n) is 4.20. The van der Waals surface area contributed by atoms with Gasteiger partial charge in [0.25, 0.3) is 0 Å². The quantitative estimate of drug-likeness (QED) is 0.674. The van der Waals surface area contributed by atoms with Gasteiger partial charge >= 0.3 is 0 Å². The van der Waals surface area contributed by atoms with Gasteiger partial charge in [-0.2, -0.15) is 4.31 Å². The van der Waals surface area contributed by atoms with Crippen LogP contribution in [0.3, 0.4) is 0 Å². The number of carbonyl (C=O) groups is 1. The smallest absolute Gasteiger partial charge is 0.243 e. The Hall–Kier alpha value is -1.48. The Morgan fingerprint density at radius 2 is 1.93 bits per heavy atom. The largest absolute Gasteiger partial charge is 0.385 e. The van der Waals surface area contributed by atoms with Crippen LogP contribution in [0.15, 0.2) is 29.2 Å². The van der Waals surface area contributed by atoms with Crippen LogP contribution < -0.4 is 5.32 Å². The van der Waals surface area contributed by atoms with Gasteiger partial charge in [-0.3, -0.25) is 4.79 Å². The number of hydrogen-bond donors (Lipinski definition) is 1. The van der Waals surface area contributed by atoms with Crippen molar-refractivity contribution in [1.82, 2.24) is 9.62 Å². The molecular weight excluding hydrogens is 404 g/mol. The number of amides is 1. The predicted octanol–water partition coefficient (Wildman–Crippen LogP) is 2.52. The summed E-state index contributed by atoms with van der Waals surface area (Å²) in [4.78, 5) is 13.2. The average molecular weight is 439 g/mol. The SMILES string of the molecule is COCCC1(NC(=O)C2CCOCC2)CCN(S(=O)(=O)c2ccc(C(C)C)cc2)C1. The lowest BCUT2D eigenvalue weighted by Crippen LogP contribution is -2.53. The average Bonchev–Trinajstić information content (AvgIpc) is 3.18. The summed E-state index contributed by atoms with van der Waals surface area (Å²) in [5, 5.41) is 3.19. The molecule has 1 N–H and O–H groups in total. The molecule has 1 aromatic rings. The molecule has 0 spiro atoms. The van der Waals surface area contributed by atoms with Crippen molar-refractivity contribution in [2.24, 2.45) is 5.92 Å². The van der Waals surface area contributed by atoms with E-state index in [1.807, 2.05) is 12.1 Å². The van der Waals surface area contributed by atoms with Gasteiger partial charge in [-0.05, 0) is 49.3 Å². The molecule has 2 aliphatic rings. The molecule has 2 heterocycles. The fraction of sp³-hybridized carbons (Fsp3) is 0.682. The number of ether oxygens (including phenoxy) is 2. The number of methoxy groups -OCH3 is 1. The number of carbonyl (C=O) groups excluding carboxylic acids is 1. The Balaban J connectivity index is 1.75. The first-order chi connectivity index (χ1) is 14.3. The molecule has 1 unspecified atom stereocenters. The summed E-state index contributed by atoms with van der Waals surface area (Å²) < 4.78 is 38.6. The van der Waals surface area contributed by atoms with Gasteiger partial charge < -0.3 is 14.8 Å². The Kier molecular flexibility index (Phi) is 7.55. The molecule has 0 aliphatic carbocycles. The first kappa shape index (κ1) is 23.2. The van der Waals surface area contributed by atoms with Crippen LogP contribution in [0.1, 0.15) is 51.0 Å². The van der Waals surface area contributed by atoms with Crippen LogP contribution in [0.5, 0.6) is 0 Å². The lowest BCUT2D eigenvalue weighted by molar-refractivity contribution is -0.130. The molecule has 168 valence electrons. The third-order valence-electron chi connectivity index (χ3n) is 6.27. The number of benzene rings is 1. The van der Waals surface area contributed by atoms with Crippen molar-refractivity contribution in [3.8, 4) is 0 Å². The second-order valence-corrected chi connectivity index (χ2v) is 10.6. The van der Waals surface area contributed by atoms with E-state index in [1.165, 1.54) is 4.31 Å². The maximum absolute atomic E-state index is 13.2. The molecule has 0 aromatic heterocycles. The van der Waals surface area contributed by atoms with E-state index in [4.69, 9.17) is 9.47 Å². The summed E-state index contributed by atoms with van der Waals surface area (Å²) >= 11 is 0. The second-order valence-electron chi connectivity index (χ2n) is 8.71. The third kappa shape index (κ3) is 5.22. The van der Waals surface area contributed by atoms with Gasteiger partial charge in [0, 0.05) is 45.9 Å². The molecule has 30 heavy (non-hydrogen) atoms. The van der Waals surface area contributed by atoms with Crippen molar-refractivity contribution >= 4 is 15.9 Å². The molecule has 1 amide bonds. The summed E-state index contributed by atoms with van der Waals surface area (Å²) in [6.45, 7) is 6.45. The molecule has 7 nitrogen and oxygen atoms in total. The van der Waals surface area contributed by atoms with E-state index in [-0.39, 0.29) is 18.4 Å². The second kappa shape index (κ2) is 9.77. The van der Waals surface area contributed by atoms with Crippen LogP contribution in [-0.4, -0.2) is 64.2 Å². The van der Waals surface area contributed by atoms with Crippen molar-refractivity contribution < 1.29 is 22.7 Å².